The number of rotatable bonds is 5. The van der Waals surface area contributed by atoms with Crippen molar-refractivity contribution in [2.75, 3.05) is 55.8 Å². The van der Waals surface area contributed by atoms with Crippen molar-refractivity contribution in [1.82, 2.24) is 19.9 Å². The van der Waals surface area contributed by atoms with E-state index in [0.717, 1.165) is 44.2 Å². The number of hydrogen-bond acceptors (Lipinski definition) is 7. The summed E-state index contributed by atoms with van der Waals surface area (Å²) in [5.41, 5.74) is 12.6. The van der Waals surface area contributed by atoms with Crippen LogP contribution in [0.25, 0.3) is 0 Å². The van der Waals surface area contributed by atoms with Crippen molar-refractivity contribution in [3.8, 4) is 0 Å². The average Bonchev–Trinajstić information content (AvgIpc) is 2.61. The van der Waals surface area contributed by atoms with Crippen LogP contribution in [-0.4, -0.2) is 59.6 Å². The monoisotopic (exact) mass is 341 g/mol. The van der Waals surface area contributed by atoms with E-state index in [1.165, 1.54) is 5.56 Å². The molecule has 2 heterocycles. The lowest BCUT2D eigenvalue weighted by molar-refractivity contribution is 0.178. The Bertz CT molecular complexity index is 710. The first-order chi connectivity index (χ1) is 12.1. The number of nitrogens with zero attached hydrogens (tertiary/aromatic N) is 5. The minimum absolute atomic E-state index is 0.574. The topological polar surface area (TPSA) is 73.6 Å². The summed E-state index contributed by atoms with van der Waals surface area (Å²) in [5, 5.41) is 2.16. The lowest BCUT2D eigenvalue weighted by atomic mass is 10.2. The van der Waals surface area contributed by atoms with E-state index >= 15 is 0 Å². The van der Waals surface area contributed by atoms with Crippen LogP contribution in [0.15, 0.2) is 30.6 Å². The number of piperazine rings is 1. The van der Waals surface area contributed by atoms with Crippen LogP contribution in [0.1, 0.15) is 12.5 Å². The number of aromatic nitrogens is 2. The zero-order valence-electron chi connectivity index (χ0n) is 15.2. The van der Waals surface area contributed by atoms with Gasteiger partial charge in [-0.05, 0) is 38.6 Å². The zero-order valence-corrected chi connectivity index (χ0v) is 15.2. The maximum Gasteiger partial charge on any atom is 0.169 e. The Hall–Kier alpha value is -2.38. The molecule has 1 aromatic heterocycles. The van der Waals surface area contributed by atoms with E-state index in [1.807, 2.05) is 6.07 Å². The Labute approximate surface area is 149 Å². The summed E-state index contributed by atoms with van der Waals surface area (Å²) in [4.78, 5) is 13.2. The summed E-state index contributed by atoms with van der Waals surface area (Å²) >= 11 is 0. The predicted octanol–water partition coefficient (Wildman–Crippen LogP) is 2.10. The number of nitrogen functional groups attached to an aromatic ring is 1. The molecular formula is C18H27N7. The van der Waals surface area contributed by atoms with Gasteiger partial charge in [0, 0.05) is 38.4 Å². The van der Waals surface area contributed by atoms with Gasteiger partial charge in [-0.25, -0.2) is 15.0 Å². The molecule has 0 saturated carbocycles. The molecular weight excluding hydrogens is 314 g/mol. The summed E-state index contributed by atoms with van der Waals surface area (Å²) in [5.74, 6) is 1.40. The molecule has 0 bridgehead atoms. The second-order valence-electron chi connectivity index (χ2n) is 6.44. The van der Waals surface area contributed by atoms with Crippen LogP contribution in [0.3, 0.4) is 0 Å². The first-order valence-corrected chi connectivity index (χ1v) is 8.73. The van der Waals surface area contributed by atoms with Gasteiger partial charge < -0.3 is 21.0 Å². The zero-order chi connectivity index (χ0) is 17.8. The van der Waals surface area contributed by atoms with Gasteiger partial charge in [0.2, 0.25) is 0 Å². The largest absolute Gasteiger partial charge is 0.393 e. The molecule has 7 heteroatoms. The van der Waals surface area contributed by atoms with Crippen molar-refractivity contribution in [2.24, 2.45) is 0 Å². The van der Waals surface area contributed by atoms with Crippen LogP contribution >= 0.6 is 0 Å². The Morgan fingerprint density at radius 3 is 2.64 bits per heavy atom. The summed E-state index contributed by atoms with van der Waals surface area (Å²) in [6, 6.07) is 8.35. The highest BCUT2D eigenvalue weighted by molar-refractivity contribution is 5.79. The number of nitrogens with one attached hydrogen (secondary N) is 1. The molecule has 0 radical (unpaired) electrons. The normalized spacial score (nSPS) is 16.0. The summed E-state index contributed by atoms with van der Waals surface area (Å²) < 4.78 is 0. The Kier molecular flexibility index (Phi) is 5.35. The number of hydrazine groups is 1. The van der Waals surface area contributed by atoms with Crippen LogP contribution in [0.2, 0.25) is 0 Å². The van der Waals surface area contributed by atoms with Crippen molar-refractivity contribution in [3.05, 3.63) is 36.2 Å². The number of benzene rings is 1. The number of nitrogens with two attached hydrogens (primary N) is 1. The summed E-state index contributed by atoms with van der Waals surface area (Å²) in [6.45, 7) is 8.87. The first kappa shape index (κ1) is 17.4. The molecule has 7 nitrogen and oxygen atoms in total. The van der Waals surface area contributed by atoms with Crippen LogP contribution in [0, 0.1) is 6.92 Å². The number of hydrogen-bond donors (Lipinski definition) is 2. The molecule has 0 atom stereocenters. The first-order valence-electron chi connectivity index (χ1n) is 8.73. The highest BCUT2D eigenvalue weighted by Crippen LogP contribution is 2.32. The highest BCUT2D eigenvalue weighted by atomic mass is 15.5. The molecule has 0 aliphatic carbocycles. The highest BCUT2D eigenvalue weighted by Gasteiger charge is 2.19. The van der Waals surface area contributed by atoms with E-state index in [0.29, 0.717) is 11.5 Å². The van der Waals surface area contributed by atoms with Gasteiger partial charge in [-0.2, -0.15) is 0 Å². The summed E-state index contributed by atoms with van der Waals surface area (Å²) in [6.07, 6.45) is 1.57. The molecule has 1 aliphatic rings. The molecule has 1 fully saturated rings. The predicted molar refractivity (Wildman–Crippen MR) is 103 cm³/mol. The van der Waals surface area contributed by atoms with Gasteiger partial charge in [0.05, 0.1) is 0 Å². The van der Waals surface area contributed by atoms with Crippen LogP contribution in [0.5, 0.6) is 0 Å². The fourth-order valence-corrected chi connectivity index (χ4v) is 3.01. The van der Waals surface area contributed by atoms with Crippen LogP contribution < -0.4 is 16.1 Å². The molecule has 1 aliphatic heterocycles. The molecule has 25 heavy (non-hydrogen) atoms. The van der Waals surface area contributed by atoms with Crippen LogP contribution in [-0.2, 0) is 0 Å². The van der Waals surface area contributed by atoms with E-state index in [1.54, 1.807) is 6.33 Å². The van der Waals surface area contributed by atoms with Crippen LogP contribution in [0.4, 0.5) is 23.0 Å². The van der Waals surface area contributed by atoms with Gasteiger partial charge in [0.25, 0.3) is 0 Å². The molecule has 134 valence electrons. The molecule has 3 N–H and O–H groups in total. The maximum absolute atomic E-state index is 6.41. The van der Waals surface area contributed by atoms with E-state index in [4.69, 9.17) is 5.73 Å². The SMILES string of the molecule is CCN(c1cccc(C)c1)c1ncnc(NN2CCN(C)CC2)c1N. The van der Waals surface area contributed by atoms with Crippen molar-refractivity contribution in [2.45, 2.75) is 13.8 Å². The summed E-state index contributed by atoms with van der Waals surface area (Å²) in [7, 11) is 2.13. The van der Waals surface area contributed by atoms with Gasteiger partial charge >= 0.3 is 0 Å². The second kappa shape index (κ2) is 7.67. The molecule has 1 saturated heterocycles. The van der Waals surface area contributed by atoms with Crippen molar-refractivity contribution in [1.29, 1.82) is 0 Å². The third-order valence-corrected chi connectivity index (χ3v) is 4.52. The molecule has 2 aromatic rings. The van der Waals surface area contributed by atoms with Gasteiger partial charge in [0.1, 0.15) is 12.0 Å². The molecule has 3 rings (SSSR count). The van der Waals surface area contributed by atoms with E-state index in [9.17, 15) is 0 Å². The third kappa shape index (κ3) is 4.00. The Morgan fingerprint density at radius 1 is 1.20 bits per heavy atom. The number of anilines is 4. The van der Waals surface area contributed by atoms with E-state index < -0.39 is 0 Å². The average molecular weight is 341 g/mol. The van der Waals surface area contributed by atoms with Gasteiger partial charge in [-0.1, -0.05) is 12.1 Å². The quantitative estimate of drug-likeness (QED) is 0.863. The smallest absolute Gasteiger partial charge is 0.169 e. The molecule has 0 unspecified atom stereocenters. The standard InChI is InChI=1S/C18H27N7/c1-4-25(15-7-5-6-14(2)12-15)18-16(19)17(20-13-21-18)22-24-10-8-23(3)9-11-24/h5-7,12-13H,4,8-11,19H2,1-3H3,(H,20,21,22). The van der Waals surface area contributed by atoms with Crippen molar-refractivity contribution in [3.63, 3.8) is 0 Å². The molecule has 0 spiro atoms. The molecule has 0 amide bonds. The Morgan fingerprint density at radius 2 is 1.96 bits per heavy atom. The van der Waals surface area contributed by atoms with Gasteiger partial charge in [0.15, 0.2) is 11.6 Å². The lowest BCUT2D eigenvalue weighted by Gasteiger charge is -2.33. The second-order valence-corrected chi connectivity index (χ2v) is 6.44. The molecule has 1 aromatic carbocycles. The fraction of sp³-hybridized carbons (Fsp3) is 0.444. The minimum Gasteiger partial charge on any atom is -0.393 e. The number of likely N-dealkylation sites (N-methyl/N-ethyl adjacent to an activating group) is 1. The third-order valence-electron chi connectivity index (χ3n) is 4.52. The van der Waals surface area contributed by atoms with Crippen molar-refractivity contribution >= 4 is 23.0 Å². The van der Waals surface area contributed by atoms with Gasteiger partial charge in [-0.15, -0.1) is 0 Å². The van der Waals surface area contributed by atoms with E-state index in [2.05, 4.69) is 69.3 Å². The fourth-order valence-electron chi connectivity index (χ4n) is 3.01. The Balaban J connectivity index is 1.84. The van der Waals surface area contributed by atoms with Gasteiger partial charge in [-0.3, -0.25) is 0 Å². The van der Waals surface area contributed by atoms with Crippen molar-refractivity contribution < 1.29 is 0 Å². The minimum atomic E-state index is 0.574. The lowest BCUT2D eigenvalue weighted by Crippen LogP contribution is -2.47. The maximum atomic E-state index is 6.41. The number of aryl methyl sites for hydroxylation is 1. The van der Waals surface area contributed by atoms with E-state index in [-0.39, 0.29) is 0 Å².